The number of hydrogen-bond donors (Lipinski definition) is 2. The maximum Gasteiger partial charge on any atom is 0.238 e. The largest absolute Gasteiger partial charge is 0.495 e. The first-order valence-electron chi connectivity index (χ1n) is 8.37. The van der Waals surface area contributed by atoms with Gasteiger partial charge >= 0.3 is 0 Å². The topological polar surface area (TPSA) is 70.7 Å². The van der Waals surface area contributed by atoms with Crippen molar-refractivity contribution in [2.45, 2.75) is 20.4 Å². The van der Waals surface area contributed by atoms with E-state index in [1.54, 1.807) is 18.2 Å². The summed E-state index contributed by atoms with van der Waals surface area (Å²) in [6.45, 7) is 4.41. The summed E-state index contributed by atoms with van der Waals surface area (Å²) in [6, 6.07) is 13.2. The van der Waals surface area contributed by atoms with E-state index in [1.165, 1.54) is 25.2 Å². The van der Waals surface area contributed by atoms with Crippen LogP contribution in [0.3, 0.4) is 0 Å². The van der Waals surface area contributed by atoms with Crippen LogP contribution in [-0.2, 0) is 16.1 Å². The second-order valence-corrected chi connectivity index (χ2v) is 6.24. The van der Waals surface area contributed by atoms with Gasteiger partial charge in [-0.15, -0.1) is 0 Å². The minimum absolute atomic E-state index is 0.153. The lowest BCUT2D eigenvalue weighted by atomic mass is 10.1. The number of amides is 2. The predicted octanol–water partition coefficient (Wildman–Crippen LogP) is 3.03. The number of aryl methyl sites for hydroxylation is 1. The molecule has 0 aromatic heterocycles. The van der Waals surface area contributed by atoms with E-state index in [0.29, 0.717) is 23.7 Å². The third-order valence-corrected chi connectivity index (χ3v) is 3.91. The summed E-state index contributed by atoms with van der Waals surface area (Å²) < 4.78 is 5.28. The molecular formula is C20H25N3O3. The summed E-state index contributed by atoms with van der Waals surface area (Å²) in [5, 5.41) is 5.54. The average molecular weight is 355 g/mol. The van der Waals surface area contributed by atoms with Crippen molar-refractivity contribution in [2.24, 2.45) is 0 Å². The summed E-state index contributed by atoms with van der Waals surface area (Å²) in [5.41, 5.74) is 3.51. The monoisotopic (exact) mass is 355 g/mol. The number of nitrogens with one attached hydrogen (secondary N) is 2. The van der Waals surface area contributed by atoms with E-state index in [4.69, 9.17) is 4.74 Å². The third-order valence-electron chi connectivity index (χ3n) is 3.91. The molecule has 0 bridgehead atoms. The highest BCUT2D eigenvalue weighted by Crippen LogP contribution is 2.27. The van der Waals surface area contributed by atoms with Gasteiger partial charge in [0, 0.05) is 19.2 Å². The lowest BCUT2D eigenvalue weighted by molar-refractivity contribution is -0.117. The molecule has 26 heavy (non-hydrogen) atoms. The van der Waals surface area contributed by atoms with E-state index in [9.17, 15) is 9.59 Å². The first-order chi connectivity index (χ1) is 12.4. The second-order valence-electron chi connectivity index (χ2n) is 6.24. The molecular weight excluding hydrogens is 330 g/mol. The van der Waals surface area contributed by atoms with Gasteiger partial charge < -0.3 is 15.4 Å². The van der Waals surface area contributed by atoms with E-state index in [2.05, 4.69) is 29.7 Å². The fraction of sp³-hybridized carbons (Fsp3) is 0.300. The second kappa shape index (κ2) is 9.01. The Balaban J connectivity index is 2.02. The molecule has 0 radical (unpaired) electrons. The minimum Gasteiger partial charge on any atom is -0.495 e. The van der Waals surface area contributed by atoms with Gasteiger partial charge in [0.1, 0.15) is 5.75 Å². The van der Waals surface area contributed by atoms with E-state index >= 15 is 0 Å². The van der Waals surface area contributed by atoms with Crippen LogP contribution in [0.2, 0.25) is 0 Å². The van der Waals surface area contributed by atoms with Crippen molar-refractivity contribution in [3.05, 3.63) is 53.6 Å². The Hall–Kier alpha value is -2.86. The van der Waals surface area contributed by atoms with Gasteiger partial charge in [0.05, 0.1) is 19.3 Å². The Morgan fingerprint density at radius 3 is 2.50 bits per heavy atom. The molecule has 0 aliphatic heterocycles. The Morgan fingerprint density at radius 2 is 1.85 bits per heavy atom. The highest BCUT2D eigenvalue weighted by atomic mass is 16.5. The smallest absolute Gasteiger partial charge is 0.238 e. The van der Waals surface area contributed by atoms with Crippen molar-refractivity contribution in [2.75, 3.05) is 31.3 Å². The first-order valence-corrected chi connectivity index (χ1v) is 8.37. The summed E-state index contributed by atoms with van der Waals surface area (Å²) in [5.74, 6) is 0.207. The maximum atomic E-state index is 12.4. The molecule has 0 heterocycles. The molecule has 0 atom stereocenters. The van der Waals surface area contributed by atoms with Crippen molar-refractivity contribution in [3.63, 3.8) is 0 Å². The van der Waals surface area contributed by atoms with Gasteiger partial charge in [0.15, 0.2) is 0 Å². The van der Waals surface area contributed by atoms with Crippen LogP contribution in [0, 0.1) is 6.92 Å². The molecule has 2 amide bonds. The SMILES string of the molecule is COc1ccc(NC(C)=O)cc1NC(=O)CN(C)Cc1ccccc1C. The molecule has 0 saturated carbocycles. The highest BCUT2D eigenvalue weighted by Gasteiger charge is 2.12. The van der Waals surface area contributed by atoms with Crippen molar-refractivity contribution < 1.29 is 14.3 Å². The first kappa shape index (κ1) is 19.5. The standard InChI is InChI=1S/C20H25N3O3/c1-14-7-5-6-8-16(14)12-23(3)13-20(25)22-18-11-17(21-15(2)24)9-10-19(18)26-4/h5-11H,12-13H2,1-4H3,(H,21,24)(H,22,25). The van der Waals surface area contributed by atoms with Crippen LogP contribution < -0.4 is 15.4 Å². The number of methoxy groups -OCH3 is 1. The average Bonchev–Trinajstić information content (AvgIpc) is 2.56. The number of likely N-dealkylation sites (N-methyl/N-ethyl adjacent to an activating group) is 1. The Kier molecular flexibility index (Phi) is 6.74. The number of anilines is 2. The Labute approximate surface area is 154 Å². The Bertz CT molecular complexity index is 790. The van der Waals surface area contributed by atoms with E-state index in [-0.39, 0.29) is 18.4 Å². The summed E-state index contributed by atoms with van der Waals surface area (Å²) in [6.07, 6.45) is 0. The predicted molar refractivity (Wildman–Crippen MR) is 103 cm³/mol. The van der Waals surface area contributed by atoms with Crippen LogP contribution in [0.5, 0.6) is 5.75 Å². The lowest BCUT2D eigenvalue weighted by Crippen LogP contribution is -2.30. The lowest BCUT2D eigenvalue weighted by Gasteiger charge is -2.18. The number of nitrogens with zero attached hydrogens (tertiary/aromatic N) is 1. The number of rotatable bonds is 7. The molecule has 0 aliphatic carbocycles. The molecule has 2 rings (SSSR count). The van der Waals surface area contributed by atoms with E-state index in [0.717, 1.165) is 0 Å². The molecule has 6 nitrogen and oxygen atoms in total. The normalized spacial score (nSPS) is 10.5. The maximum absolute atomic E-state index is 12.4. The summed E-state index contributed by atoms with van der Waals surface area (Å²) >= 11 is 0. The fourth-order valence-corrected chi connectivity index (χ4v) is 2.66. The molecule has 138 valence electrons. The van der Waals surface area contributed by atoms with Crippen LogP contribution in [0.4, 0.5) is 11.4 Å². The van der Waals surface area contributed by atoms with Crippen LogP contribution in [0.15, 0.2) is 42.5 Å². The minimum atomic E-state index is -0.176. The summed E-state index contributed by atoms with van der Waals surface area (Å²) in [7, 11) is 3.43. The highest BCUT2D eigenvalue weighted by molar-refractivity contribution is 5.95. The van der Waals surface area contributed by atoms with Crippen molar-refractivity contribution >= 4 is 23.2 Å². The fourth-order valence-electron chi connectivity index (χ4n) is 2.66. The molecule has 0 unspecified atom stereocenters. The van der Waals surface area contributed by atoms with Crippen LogP contribution in [0.25, 0.3) is 0 Å². The number of carbonyl (C=O) groups is 2. The van der Waals surface area contributed by atoms with Crippen molar-refractivity contribution in [1.29, 1.82) is 0 Å². The molecule has 0 fully saturated rings. The zero-order valence-corrected chi connectivity index (χ0v) is 15.6. The molecule has 0 saturated heterocycles. The number of ether oxygens (including phenoxy) is 1. The molecule has 0 spiro atoms. The van der Waals surface area contributed by atoms with Crippen molar-refractivity contribution in [3.8, 4) is 5.75 Å². The molecule has 2 N–H and O–H groups in total. The molecule has 2 aromatic rings. The number of carbonyl (C=O) groups excluding carboxylic acids is 2. The van der Waals surface area contributed by atoms with Crippen molar-refractivity contribution in [1.82, 2.24) is 4.90 Å². The molecule has 0 aliphatic rings. The van der Waals surface area contributed by atoms with Gasteiger partial charge in [-0.25, -0.2) is 0 Å². The van der Waals surface area contributed by atoms with Gasteiger partial charge in [-0.3, -0.25) is 14.5 Å². The van der Waals surface area contributed by atoms with Gasteiger partial charge in [-0.1, -0.05) is 24.3 Å². The molecule has 2 aromatic carbocycles. The zero-order chi connectivity index (χ0) is 19.1. The number of benzene rings is 2. The third kappa shape index (κ3) is 5.60. The van der Waals surface area contributed by atoms with Gasteiger partial charge in [-0.05, 0) is 43.3 Å². The molecule has 6 heteroatoms. The van der Waals surface area contributed by atoms with Gasteiger partial charge in [0.2, 0.25) is 11.8 Å². The van der Waals surface area contributed by atoms with Crippen LogP contribution in [0.1, 0.15) is 18.1 Å². The van der Waals surface area contributed by atoms with Crippen LogP contribution in [-0.4, -0.2) is 37.4 Å². The summed E-state index contributed by atoms with van der Waals surface area (Å²) in [4.78, 5) is 25.6. The quantitative estimate of drug-likeness (QED) is 0.801. The van der Waals surface area contributed by atoms with E-state index < -0.39 is 0 Å². The van der Waals surface area contributed by atoms with Gasteiger partial charge in [0.25, 0.3) is 0 Å². The number of hydrogen-bond acceptors (Lipinski definition) is 4. The van der Waals surface area contributed by atoms with E-state index in [1.807, 2.05) is 24.1 Å². The zero-order valence-electron chi connectivity index (χ0n) is 15.6. The van der Waals surface area contributed by atoms with Crippen LogP contribution >= 0.6 is 0 Å². The van der Waals surface area contributed by atoms with Gasteiger partial charge in [-0.2, -0.15) is 0 Å². The Morgan fingerprint density at radius 1 is 1.12 bits per heavy atom.